The molecule has 0 aliphatic carbocycles. The van der Waals surface area contributed by atoms with Crippen molar-refractivity contribution in [1.29, 1.82) is 0 Å². The number of aliphatic hydroxyl groups is 1. The van der Waals surface area contributed by atoms with Crippen LogP contribution >= 0.6 is 0 Å². The van der Waals surface area contributed by atoms with E-state index in [0.29, 0.717) is 31.8 Å². The van der Waals surface area contributed by atoms with E-state index >= 15 is 0 Å². The summed E-state index contributed by atoms with van der Waals surface area (Å²) >= 11 is 0. The maximum atomic E-state index is 12.4. The van der Waals surface area contributed by atoms with Gasteiger partial charge in [-0.25, -0.2) is 4.79 Å². The molecule has 2 rings (SSSR count). The fraction of sp³-hybridized carbons (Fsp3) is 0.684. The summed E-state index contributed by atoms with van der Waals surface area (Å²) < 4.78 is 0. The van der Waals surface area contributed by atoms with E-state index in [2.05, 4.69) is 31.1 Å². The molecule has 1 aliphatic rings. The van der Waals surface area contributed by atoms with Crippen LogP contribution in [0, 0.1) is 5.92 Å². The average Bonchev–Trinajstić information content (AvgIpc) is 2.56. The van der Waals surface area contributed by atoms with Crippen LogP contribution in [0.3, 0.4) is 0 Å². The average molecular weight is 333 g/mol. The molecule has 134 valence electrons. The number of likely N-dealkylation sites (tertiary alicyclic amines) is 1. The van der Waals surface area contributed by atoms with Crippen LogP contribution in [-0.4, -0.2) is 40.2 Å². The van der Waals surface area contributed by atoms with E-state index < -0.39 is 5.60 Å². The second-order valence-electron chi connectivity index (χ2n) is 7.44. The molecule has 0 bridgehead atoms. The van der Waals surface area contributed by atoms with Gasteiger partial charge in [0, 0.05) is 37.1 Å². The highest BCUT2D eigenvalue weighted by Gasteiger charge is 2.35. The van der Waals surface area contributed by atoms with Crippen LogP contribution in [0.15, 0.2) is 24.5 Å². The maximum Gasteiger partial charge on any atom is 0.317 e. The Labute approximate surface area is 145 Å². The molecule has 2 N–H and O–H groups in total. The Morgan fingerprint density at radius 2 is 2.04 bits per heavy atom. The van der Waals surface area contributed by atoms with Gasteiger partial charge in [0.25, 0.3) is 0 Å². The Balaban J connectivity index is 1.78. The normalized spacial score (nSPS) is 18.5. The van der Waals surface area contributed by atoms with E-state index in [1.165, 1.54) is 6.42 Å². The molecule has 2 heterocycles. The van der Waals surface area contributed by atoms with Crippen molar-refractivity contribution in [3.63, 3.8) is 0 Å². The van der Waals surface area contributed by atoms with Gasteiger partial charge in [-0.1, -0.05) is 32.8 Å². The van der Waals surface area contributed by atoms with E-state index in [1.807, 2.05) is 17.0 Å². The zero-order chi connectivity index (χ0) is 17.6. The standard InChI is InChI=1S/C19H31N3O2/c1-15(2)6-4-7-16(3)21-18(23)22-12-9-19(24,10-13-22)17-8-5-11-20-14-17/h5,8,11,14-16,24H,4,6-7,9-10,12-13H2,1-3H3,(H,21,23)/t16-/m1/s1. The van der Waals surface area contributed by atoms with Crippen LogP contribution in [0.25, 0.3) is 0 Å². The quantitative estimate of drug-likeness (QED) is 0.839. The minimum Gasteiger partial charge on any atom is -0.385 e. The van der Waals surface area contributed by atoms with E-state index in [9.17, 15) is 9.90 Å². The van der Waals surface area contributed by atoms with Crippen molar-refractivity contribution in [2.75, 3.05) is 13.1 Å². The molecule has 1 aliphatic heterocycles. The molecule has 1 fully saturated rings. The predicted molar refractivity (Wildman–Crippen MR) is 95.6 cm³/mol. The number of carbonyl (C=O) groups is 1. The number of hydrogen-bond acceptors (Lipinski definition) is 3. The number of rotatable bonds is 6. The number of nitrogens with zero attached hydrogens (tertiary/aromatic N) is 2. The minimum absolute atomic E-state index is 0.0136. The topological polar surface area (TPSA) is 65.5 Å². The Morgan fingerprint density at radius 1 is 1.33 bits per heavy atom. The first-order chi connectivity index (χ1) is 11.4. The van der Waals surface area contributed by atoms with Gasteiger partial charge in [0.1, 0.15) is 0 Å². The SMILES string of the molecule is CC(C)CCC[C@@H](C)NC(=O)N1CCC(O)(c2cccnc2)CC1. The van der Waals surface area contributed by atoms with Crippen molar-refractivity contribution in [1.82, 2.24) is 15.2 Å². The smallest absolute Gasteiger partial charge is 0.317 e. The summed E-state index contributed by atoms with van der Waals surface area (Å²) in [4.78, 5) is 18.3. The van der Waals surface area contributed by atoms with Crippen molar-refractivity contribution in [3.05, 3.63) is 30.1 Å². The highest BCUT2D eigenvalue weighted by Crippen LogP contribution is 2.32. The number of aromatic nitrogens is 1. The van der Waals surface area contributed by atoms with Gasteiger partial charge in [-0.2, -0.15) is 0 Å². The molecule has 0 unspecified atom stereocenters. The van der Waals surface area contributed by atoms with Crippen LogP contribution in [0.1, 0.15) is 58.4 Å². The highest BCUT2D eigenvalue weighted by atomic mass is 16.3. The summed E-state index contributed by atoms with van der Waals surface area (Å²) in [5.74, 6) is 0.708. The number of amides is 2. The number of hydrogen-bond donors (Lipinski definition) is 2. The Kier molecular flexibility index (Phi) is 6.60. The van der Waals surface area contributed by atoms with E-state index in [0.717, 1.165) is 18.4 Å². The van der Waals surface area contributed by atoms with Crippen LogP contribution in [0.5, 0.6) is 0 Å². The molecule has 0 spiro atoms. The maximum absolute atomic E-state index is 12.4. The third kappa shape index (κ3) is 5.20. The zero-order valence-corrected chi connectivity index (χ0v) is 15.2. The fourth-order valence-corrected chi connectivity index (χ4v) is 3.21. The van der Waals surface area contributed by atoms with E-state index in [-0.39, 0.29) is 12.1 Å². The van der Waals surface area contributed by atoms with Gasteiger partial charge in [0.15, 0.2) is 0 Å². The fourth-order valence-electron chi connectivity index (χ4n) is 3.21. The first kappa shape index (κ1) is 18.7. The molecule has 1 aromatic heterocycles. The lowest BCUT2D eigenvalue weighted by atomic mass is 9.85. The third-order valence-corrected chi connectivity index (χ3v) is 4.87. The van der Waals surface area contributed by atoms with Crippen LogP contribution in [0.2, 0.25) is 0 Å². The lowest BCUT2D eigenvalue weighted by molar-refractivity contribution is -0.0172. The molecule has 24 heavy (non-hydrogen) atoms. The van der Waals surface area contributed by atoms with Gasteiger partial charge in [0.05, 0.1) is 5.60 Å². The predicted octanol–water partition coefficient (Wildman–Crippen LogP) is 3.29. The summed E-state index contributed by atoms with van der Waals surface area (Å²) in [6, 6.07) is 3.92. The second kappa shape index (κ2) is 8.47. The summed E-state index contributed by atoms with van der Waals surface area (Å²) in [5.41, 5.74) is -0.0272. The second-order valence-corrected chi connectivity index (χ2v) is 7.44. The lowest BCUT2D eigenvalue weighted by Crippen LogP contribution is -2.50. The number of piperidine rings is 1. The minimum atomic E-state index is -0.867. The van der Waals surface area contributed by atoms with Crippen molar-refractivity contribution < 1.29 is 9.90 Å². The molecule has 0 aromatic carbocycles. The Bertz CT molecular complexity index is 511. The van der Waals surface area contributed by atoms with Crippen LogP contribution in [0.4, 0.5) is 4.79 Å². The largest absolute Gasteiger partial charge is 0.385 e. The third-order valence-electron chi connectivity index (χ3n) is 4.87. The monoisotopic (exact) mass is 333 g/mol. The Hall–Kier alpha value is -1.62. The molecule has 2 amide bonds. The number of carbonyl (C=O) groups excluding carboxylic acids is 1. The lowest BCUT2D eigenvalue weighted by Gasteiger charge is -2.38. The van der Waals surface area contributed by atoms with Gasteiger partial charge >= 0.3 is 6.03 Å². The van der Waals surface area contributed by atoms with Crippen LogP contribution in [-0.2, 0) is 5.60 Å². The van der Waals surface area contributed by atoms with Gasteiger partial charge in [-0.05, 0) is 38.2 Å². The molecule has 5 nitrogen and oxygen atoms in total. The van der Waals surface area contributed by atoms with Crippen LogP contribution < -0.4 is 5.32 Å². The van der Waals surface area contributed by atoms with Gasteiger partial charge in [-0.3, -0.25) is 4.98 Å². The molecule has 1 aromatic rings. The van der Waals surface area contributed by atoms with E-state index in [4.69, 9.17) is 0 Å². The van der Waals surface area contributed by atoms with Crippen molar-refractivity contribution in [2.45, 2.75) is 64.5 Å². The first-order valence-corrected chi connectivity index (χ1v) is 9.09. The van der Waals surface area contributed by atoms with Gasteiger partial charge in [-0.15, -0.1) is 0 Å². The number of pyridine rings is 1. The summed E-state index contributed by atoms with van der Waals surface area (Å²) in [7, 11) is 0. The summed E-state index contributed by atoms with van der Waals surface area (Å²) in [6.45, 7) is 7.64. The molecular formula is C19H31N3O2. The van der Waals surface area contributed by atoms with Gasteiger partial charge in [0.2, 0.25) is 0 Å². The summed E-state index contributed by atoms with van der Waals surface area (Å²) in [5, 5.41) is 13.9. The first-order valence-electron chi connectivity index (χ1n) is 9.09. The zero-order valence-electron chi connectivity index (χ0n) is 15.2. The molecule has 0 saturated carbocycles. The molecule has 1 atom stereocenters. The highest BCUT2D eigenvalue weighted by molar-refractivity contribution is 5.74. The molecular weight excluding hydrogens is 302 g/mol. The van der Waals surface area contributed by atoms with Gasteiger partial charge < -0.3 is 15.3 Å². The molecule has 1 saturated heterocycles. The number of nitrogens with one attached hydrogen (secondary N) is 1. The molecule has 0 radical (unpaired) electrons. The molecule has 5 heteroatoms. The van der Waals surface area contributed by atoms with Crippen molar-refractivity contribution in [2.24, 2.45) is 5.92 Å². The van der Waals surface area contributed by atoms with E-state index in [1.54, 1.807) is 12.4 Å². The summed E-state index contributed by atoms with van der Waals surface area (Å²) in [6.07, 6.45) is 7.86. The Morgan fingerprint density at radius 3 is 2.62 bits per heavy atom. The number of urea groups is 1. The van der Waals surface area contributed by atoms with Crippen molar-refractivity contribution in [3.8, 4) is 0 Å². The van der Waals surface area contributed by atoms with Crippen molar-refractivity contribution >= 4 is 6.03 Å².